The van der Waals surface area contributed by atoms with Crippen LogP contribution in [0.2, 0.25) is 0 Å². The molecule has 1 aliphatic heterocycles. The first-order chi connectivity index (χ1) is 13.3. The summed E-state index contributed by atoms with van der Waals surface area (Å²) in [6, 6.07) is 0. The van der Waals surface area contributed by atoms with Crippen LogP contribution in [0.4, 0.5) is 0 Å². The van der Waals surface area contributed by atoms with Crippen LogP contribution in [0.1, 0.15) is 117 Å². The zero-order valence-corrected chi connectivity index (χ0v) is 18.4. The van der Waals surface area contributed by atoms with Gasteiger partial charge in [0.25, 0.3) is 0 Å². The van der Waals surface area contributed by atoms with Crippen molar-refractivity contribution in [2.24, 2.45) is 0 Å². The quantitative estimate of drug-likeness (QED) is 0.207. The average molecular weight is 396 g/mol. The van der Waals surface area contributed by atoms with E-state index in [0.29, 0.717) is 25.8 Å². The predicted octanol–water partition coefficient (Wildman–Crippen LogP) is 5.55. The molecule has 1 aliphatic rings. The SMILES string of the molecule is CC(C)(C)OC(=O)CCCCCCCCCCCCCCN1C(=O)CCC1=O. The molecule has 0 aromatic heterocycles. The lowest BCUT2D eigenvalue weighted by Gasteiger charge is -2.19. The van der Waals surface area contributed by atoms with Gasteiger partial charge in [-0.05, 0) is 33.6 Å². The molecule has 0 N–H and O–H groups in total. The van der Waals surface area contributed by atoms with Gasteiger partial charge in [-0.1, -0.05) is 64.2 Å². The summed E-state index contributed by atoms with van der Waals surface area (Å²) in [7, 11) is 0. The van der Waals surface area contributed by atoms with Crippen LogP contribution in [0.25, 0.3) is 0 Å². The smallest absolute Gasteiger partial charge is 0.306 e. The molecule has 0 atom stereocenters. The summed E-state index contributed by atoms with van der Waals surface area (Å²) in [5, 5.41) is 0. The number of carbonyl (C=O) groups is 3. The van der Waals surface area contributed by atoms with Crippen molar-refractivity contribution in [3.63, 3.8) is 0 Å². The minimum atomic E-state index is -0.372. The van der Waals surface area contributed by atoms with Gasteiger partial charge in [0.2, 0.25) is 11.8 Å². The van der Waals surface area contributed by atoms with E-state index in [0.717, 1.165) is 25.7 Å². The van der Waals surface area contributed by atoms with Gasteiger partial charge in [-0.2, -0.15) is 0 Å². The third-order valence-electron chi connectivity index (χ3n) is 5.09. The van der Waals surface area contributed by atoms with Crippen LogP contribution in [0.3, 0.4) is 0 Å². The van der Waals surface area contributed by atoms with Crippen LogP contribution in [0.15, 0.2) is 0 Å². The van der Waals surface area contributed by atoms with Crippen LogP contribution in [0, 0.1) is 0 Å². The highest BCUT2D eigenvalue weighted by Gasteiger charge is 2.27. The molecule has 2 amide bonds. The Hall–Kier alpha value is -1.39. The molecule has 1 saturated heterocycles. The highest BCUT2D eigenvalue weighted by atomic mass is 16.6. The van der Waals surface area contributed by atoms with E-state index in [1.54, 1.807) is 0 Å². The third-order valence-corrected chi connectivity index (χ3v) is 5.09. The Labute approximate surface area is 171 Å². The van der Waals surface area contributed by atoms with Crippen molar-refractivity contribution in [3.05, 3.63) is 0 Å². The molecular formula is C23H41NO4. The number of rotatable bonds is 15. The summed E-state index contributed by atoms with van der Waals surface area (Å²) < 4.78 is 5.31. The fraction of sp³-hybridized carbons (Fsp3) is 0.870. The summed E-state index contributed by atoms with van der Waals surface area (Å²) in [6.45, 7) is 6.34. The molecule has 1 heterocycles. The topological polar surface area (TPSA) is 63.7 Å². The second-order valence-electron chi connectivity index (χ2n) is 9.02. The van der Waals surface area contributed by atoms with Crippen LogP contribution in [-0.2, 0) is 19.1 Å². The lowest BCUT2D eigenvalue weighted by molar-refractivity contribution is -0.155. The van der Waals surface area contributed by atoms with E-state index in [1.807, 2.05) is 20.8 Å². The van der Waals surface area contributed by atoms with Gasteiger partial charge in [0.05, 0.1) is 0 Å². The van der Waals surface area contributed by atoms with E-state index >= 15 is 0 Å². The number of amides is 2. The van der Waals surface area contributed by atoms with Gasteiger partial charge in [0.1, 0.15) is 5.60 Å². The van der Waals surface area contributed by atoms with Crippen molar-refractivity contribution in [1.29, 1.82) is 0 Å². The van der Waals surface area contributed by atoms with E-state index in [-0.39, 0.29) is 23.4 Å². The van der Waals surface area contributed by atoms with E-state index < -0.39 is 0 Å². The minimum absolute atomic E-state index is 0.00911. The van der Waals surface area contributed by atoms with Crippen LogP contribution >= 0.6 is 0 Å². The lowest BCUT2D eigenvalue weighted by atomic mass is 10.0. The zero-order chi connectivity index (χ0) is 20.8. The maximum atomic E-state index is 11.6. The van der Waals surface area contributed by atoms with Gasteiger partial charge in [-0.25, -0.2) is 0 Å². The number of ether oxygens (including phenoxy) is 1. The molecule has 0 spiro atoms. The highest BCUT2D eigenvalue weighted by molar-refractivity contribution is 6.01. The summed E-state index contributed by atoms with van der Waals surface area (Å²) in [5.74, 6) is -0.0594. The second kappa shape index (κ2) is 13.7. The van der Waals surface area contributed by atoms with E-state index in [2.05, 4.69) is 0 Å². The molecule has 0 bridgehead atoms. The number of likely N-dealkylation sites (tertiary alicyclic amines) is 1. The minimum Gasteiger partial charge on any atom is -0.460 e. The number of unbranched alkanes of at least 4 members (excludes halogenated alkanes) is 11. The van der Waals surface area contributed by atoms with Crippen molar-refractivity contribution >= 4 is 17.8 Å². The highest BCUT2D eigenvalue weighted by Crippen LogP contribution is 2.16. The zero-order valence-electron chi connectivity index (χ0n) is 18.4. The van der Waals surface area contributed by atoms with E-state index in [9.17, 15) is 14.4 Å². The van der Waals surface area contributed by atoms with Crippen molar-refractivity contribution in [3.8, 4) is 0 Å². The molecule has 0 radical (unpaired) electrons. The molecule has 28 heavy (non-hydrogen) atoms. The molecule has 162 valence electrons. The van der Waals surface area contributed by atoms with Crippen molar-refractivity contribution in [2.45, 2.75) is 123 Å². The van der Waals surface area contributed by atoms with Gasteiger partial charge >= 0.3 is 5.97 Å². The average Bonchev–Trinajstić information content (AvgIpc) is 2.92. The standard InChI is InChI=1S/C23H41NO4/c1-23(2,3)28-22(27)16-14-12-10-8-6-4-5-7-9-11-13-15-19-24-20(25)17-18-21(24)26/h4-19H2,1-3H3. The Balaban J connectivity index is 1.79. The van der Waals surface area contributed by atoms with Crippen LogP contribution in [0.5, 0.6) is 0 Å². The largest absolute Gasteiger partial charge is 0.460 e. The van der Waals surface area contributed by atoms with E-state index in [1.165, 1.54) is 56.3 Å². The first-order valence-corrected chi connectivity index (χ1v) is 11.3. The Bertz CT molecular complexity index is 465. The van der Waals surface area contributed by atoms with Crippen molar-refractivity contribution in [2.75, 3.05) is 6.54 Å². The molecule has 0 aliphatic carbocycles. The van der Waals surface area contributed by atoms with Crippen LogP contribution in [-0.4, -0.2) is 34.8 Å². The summed E-state index contributed by atoms with van der Waals surface area (Å²) in [5.41, 5.74) is -0.372. The first kappa shape index (κ1) is 24.6. The monoisotopic (exact) mass is 395 g/mol. The number of hydrogen-bond acceptors (Lipinski definition) is 4. The Morgan fingerprint density at radius 1 is 0.750 bits per heavy atom. The molecular weight excluding hydrogens is 354 g/mol. The van der Waals surface area contributed by atoms with Gasteiger partial charge < -0.3 is 4.74 Å². The fourth-order valence-corrected chi connectivity index (χ4v) is 3.57. The molecule has 1 fully saturated rings. The van der Waals surface area contributed by atoms with Gasteiger partial charge in [0, 0.05) is 25.8 Å². The third kappa shape index (κ3) is 12.1. The fourth-order valence-electron chi connectivity index (χ4n) is 3.57. The maximum Gasteiger partial charge on any atom is 0.306 e. The van der Waals surface area contributed by atoms with Crippen molar-refractivity contribution < 1.29 is 19.1 Å². The lowest BCUT2D eigenvalue weighted by Crippen LogP contribution is -2.29. The summed E-state index contributed by atoms with van der Waals surface area (Å²) in [4.78, 5) is 36.0. The summed E-state index contributed by atoms with van der Waals surface area (Å²) in [6.07, 6.45) is 15.5. The molecule has 5 heteroatoms. The normalized spacial score (nSPS) is 14.8. The Morgan fingerprint density at radius 2 is 1.14 bits per heavy atom. The van der Waals surface area contributed by atoms with Gasteiger partial charge in [-0.3, -0.25) is 19.3 Å². The Kier molecular flexibility index (Phi) is 12.1. The molecule has 0 saturated carbocycles. The first-order valence-electron chi connectivity index (χ1n) is 11.3. The number of nitrogens with zero attached hydrogens (tertiary/aromatic N) is 1. The maximum absolute atomic E-state index is 11.6. The molecule has 1 rings (SSSR count). The van der Waals surface area contributed by atoms with Crippen LogP contribution < -0.4 is 0 Å². The Morgan fingerprint density at radius 3 is 1.57 bits per heavy atom. The van der Waals surface area contributed by atoms with E-state index in [4.69, 9.17) is 4.74 Å². The number of carbonyl (C=O) groups excluding carboxylic acids is 3. The van der Waals surface area contributed by atoms with Gasteiger partial charge in [0.15, 0.2) is 0 Å². The summed E-state index contributed by atoms with van der Waals surface area (Å²) >= 11 is 0. The van der Waals surface area contributed by atoms with Gasteiger partial charge in [-0.15, -0.1) is 0 Å². The predicted molar refractivity (Wildman–Crippen MR) is 112 cm³/mol. The molecule has 5 nitrogen and oxygen atoms in total. The molecule has 0 aromatic rings. The molecule has 0 unspecified atom stereocenters. The number of hydrogen-bond donors (Lipinski definition) is 0. The number of imide groups is 1. The van der Waals surface area contributed by atoms with Crippen molar-refractivity contribution in [1.82, 2.24) is 4.90 Å². The number of esters is 1. The second-order valence-corrected chi connectivity index (χ2v) is 9.02. The molecule has 0 aromatic carbocycles.